The minimum Gasteiger partial charge on any atom is -0.369 e. The van der Waals surface area contributed by atoms with E-state index in [0.717, 1.165) is 19.0 Å². The van der Waals surface area contributed by atoms with Gasteiger partial charge in [-0.05, 0) is 38.0 Å². The molecule has 14 heavy (non-hydrogen) atoms. The minimum atomic E-state index is 0.157. The largest absolute Gasteiger partial charge is 0.369 e. The molecule has 0 aromatic heterocycles. The van der Waals surface area contributed by atoms with Gasteiger partial charge in [-0.25, -0.2) is 0 Å². The quantitative estimate of drug-likeness (QED) is 0.643. The van der Waals surface area contributed by atoms with Crippen LogP contribution >= 0.6 is 0 Å². The Morgan fingerprint density at radius 3 is 2.71 bits per heavy atom. The van der Waals surface area contributed by atoms with Gasteiger partial charge in [0.1, 0.15) is 0 Å². The highest BCUT2D eigenvalue weighted by molar-refractivity contribution is 4.96. The van der Waals surface area contributed by atoms with Crippen LogP contribution < -0.4 is 5.32 Å². The molecule has 2 fully saturated rings. The molecule has 1 aliphatic carbocycles. The van der Waals surface area contributed by atoms with E-state index in [1.54, 1.807) is 0 Å². The fourth-order valence-electron chi connectivity index (χ4n) is 3.08. The van der Waals surface area contributed by atoms with Crippen molar-refractivity contribution in [2.75, 3.05) is 13.1 Å². The maximum absolute atomic E-state index is 6.21. The van der Waals surface area contributed by atoms with Gasteiger partial charge in [0.15, 0.2) is 0 Å². The molecular formula is C12H23NO. The van der Waals surface area contributed by atoms with Crippen molar-refractivity contribution in [1.82, 2.24) is 5.32 Å². The zero-order valence-electron chi connectivity index (χ0n) is 9.68. The lowest BCUT2D eigenvalue weighted by atomic mass is 9.71. The van der Waals surface area contributed by atoms with E-state index in [1.807, 2.05) is 0 Å². The van der Waals surface area contributed by atoms with E-state index in [-0.39, 0.29) is 5.60 Å². The summed E-state index contributed by atoms with van der Waals surface area (Å²) in [5.41, 5.74) is 0.157. The summed E-state index contributed by atoms with van der Waals surface area (Å²) < 4.78 is 6.21. The van der Waals surface area contributed by atoms with Gasteiger partial charge >= 0.3 is 0 Å². The van der Waals surface area contributed by atoms with Gasteiger partial charge in [-0.2, -0.15) is 0 Å². The molecule has 0 aromatic carbocycles. The molecule has 0 radical (unpaired) electrons. The molecule has 2 heteroatoms. The van der Waals surface area contributed by atoms with Gasteiger partial charge in [0.2, 0.25) is 0 Å². The van der Waals surface area contributed by atoms with Gasteiger partial charge in [-0.15, -0.1) is 0 Å². The first-order valence-electron chi connectivity index (χ1n) is 6.01. The van der Waals surface area contributed by atoms with Gasteiger partial charge < -0.3 is 10.1 Å². The smallest absolute Gasteiger partial charge is 0.0836 e. The lowest BCUT2D eigenvalue weighted by Gasteiger charge is -2.49. The Morgan fingerprint density at radius 1 is 1.29 bits per heavy atom. The van der Waals surface area contributed by atoms with Gasteiger partial charge in [0.05, 0.1) is 11.7 Å². The highest BCUT2D eigenvalue weighted by Crippen LogP contribution is 2.40. The second kappa shape index (κ2) is 3.82. The van der Waals surface area contributed by atoms with Gasteiger partial charge in [-0.1, -0.05) is 13.8 Å². The Kier molecular flexibility index (Phi) is 2.85. The van der Waals surface area contributed by atoms with E-state index in [9.17, 15) is 0 Å². The van der Waals surface area contributed by atoms with E-state index in [2.05, 4.69) is 26.1 Å². The molecule has 1 heterocycles. The SMILES string of the molecule is CC1CCC2(CNCC(C)O2)C(C)C1. The first-order chi connectivity index (χ1) is 6.62. The Labute approximate surface area is 87.4 Å². The molecule has 2 nitrogen and oxygen atoms in total. The maximum atomic E-state index is 6.21. The highest BCUT2D eigenvalue weighted by atomic mass is 16.5. The number of ether oxygens (including phenoxy) is 1. The predicted molar refractivity (Wildman–Crippen MR) is 58.3 cm³/mol. The van der Waals surface area contributed by atoms with Crippen LogP contribution in [0.25, 0.3) is 0 Å². The topological polar surface area (TPSA) is 21.3 Å². The summed E-state index contributed by atoms with van der Waals surface area (Å²) in [6.45, 7) is 8.98. The molecule has 2 rings (SSSR count). The normalized spacial score (nSPS) is 49.5. The maximum Gasteiger partial charge on any atom is 0.0836 e. The first kappa shape index (κ1) is 10.4. The molecule has 1 aliphatic heterocycles. The molecule has 82 valence electrons. The van der Waals surface area contributed by atoms with Gasteiger partial charge in [-0.3, -0.25) is 0 Å². The van der Waals surface area contributed by atoms with Crippen molar-refractivity contribution in [3.63, 3.8) is 0 Å². The molecule has 1 saturated carbocycles. The summed E-state index contributed by atoms with van der Waals surface area (Å²) in [5.74, 6) is 1.60. The third-order valence-corrected chi connectivity index (χ3v) is 4.01. The summed E-state index contributed by atoms with van der Waals surface area (Å²) in [6, 6.07) is 0. The number of rotatable bonds is 0. The molecule has 1 N–H and O–H groups in total. The lowest BCUT2D eigenvalue weighted by Crippen LogP contribution is -2.58. The van der Waals surface area contributed by atoms with Crippen molar-refractivity contribution in [3.8, 4) is 0 Å². The van der Waals surface area contributed by atoms with Gasteiger partial charge in [0, 0.05) is 13.1 Å². The van der Waals surface area contributed by atoms with Crippen LogP contribution in [0.5, 0.6) is 0 Å². The predicted octanol–water partition coefficient (Wildman–Crippen LogP) is 2.19. The van der Waals surface area contributed by atoms with E-state index < -0.39 is 0 Å². The number of hydrogen-bond acceptors (Lipinski definition) is 2. The number of nitrogens with one attached hydrogen (secondary N) is 1. The monoisotopic (exact) mass is 197 g/mol. The molecule has 0 amide bonds. The average Bonchev–Trinajstić information content (AvgIpc) is 2.13. The zero-order valence-corrected chi connectivity index (χ0v) is 9.68. The van der Waals surface area contributed by atoms with Crippen LogP contribution in [0, 0.1) is 11.8 Å². The van der Waals surface area contributed by atoms with Crippen LogP contribution in [-0.4, -0.2) is 24.8 Å². The summed E-state index contributed by atoms with van der Waals surface area (Å²) in [4.78, 5) is 0. The van der Waals surface area contributed by atoms with Crippen LogP contribution in [0.2, 0.25) is 0 Å². The van der Waals surface area contributed by atoms with Crippen molar-refractivity contribution in [2.45, 2.75) is 51.7 Å². The van der Waals surface area contributed by atoms with Crippen LogP contribution in [-0.2, 0) is 4.74 Å². The summed E-state index contributed by atoms with van der Waals surface area (Å²) >= 11 is 0. The van der Waals surface area contributed by atoms with Crippen molar-refractivity contribution in [2.24, 2.45) is 11.8 Å². The number of hydrogen-bond donors (Lipinski definition) is 1. The van der Waals surface area contributed by atoms with E-state index in [0.29, 0.717) is 12.0 Å². The molecule has 2 aliphatic rings. The molecule has 0 bridgehead atoms. The Bertz CT molecular complexity index is 206. The van der Waals surface area contributed by atoms with E-state index in [1.165, 1.54) is 19.3 Å². The fourth-order valence-corrected chi connectivity index (χ4v) is 3.08. The first-order valence-corrected chi connectivity index (χ1v) is 6.01. The Balaban J connectivity index is 2.06. The number of morpholine rings is 1. The van der Waals surface area contributed by atoms with Crippen LogP contribution in [0.1, 0.15) is 40.0 Å². The van der Waals surface area contributed by atoms with Crippen LogP contribution in [0.4, 0.5) is 0 Å². The summed E-state index contributed by atoms with van der Waals surface area (Å²) in [7, 11) is 0. The Hall–Kier alpha value is -0.0800. The third-order valence-electron chi connectivity index (χ3n) is 4.01. The molecule has 1 saturated heterocycles. The van der Waals surface area contributed by atoms with E-state index in [4.69, 9.17) is 4.74 Å². The van der Waals surface area contributed by atoms with E-state index >= 15 is 0 Å². The highest BCUT2D eigenvalue weighted by Gasteiger charge is 2.43. The van der Waals surface area contributed by atoms with Gasteiger partial charge in [0.25, 0.3) is 0 Å². The van der Waals surface area contributed by atoms with Crippen LogP contribution in [0.15, 0.2) is 0 Å². The summed E-state index contributed by atoms with van der Waals surface area (Å²) in [6.07, 6.45) is 4.29. The third kappa shape index (κ3) is 1.82. The summed E-state index contributed by atoms with van der Waals surface area (Å²) in [5, 5.41) is 3.52. The molecule has 4 unspecified atom stereocenters. The lowest BCUT2D eigenvalue weighted by molar-refractivity contribution is -0.158. The van der Waals surface area contributed by atoms with Crippen molar-refractivity contribution in [3.05, 3.63) is 0 Å². The molecule has 0 aromatic rings. The zero-order chi connectivity index (χ0) is 10.2. The molecular weight excluding hydrogens is 174 g/mol. The second-order valence-electron chi connectivity index (χ2n) is 5.40. The standard InChI is InChI=1S/C12H23NO/c1-9-4-5-12(10(2)6-9)8-13-7-11(3)14-12/h9-11,13H,4-8H2,1-3H3. The second-order valence-corrected chi connectivity index (χ2v) is 5.40. The minimum absolute atomic E-state index is 0.157. The fraction of sp³-hybridized carbons (Fsp3) is 1.00. The molecule has 4 atom stereocenters. The van der Waals surface area contributed by atoms with Crippen LogP contribution in [0.3, 0.4) is 0 Å². The van der Waals surface area contributed by atoms with Crippen molar-refractivity contribution in [1.29, 1.82) is 0 Å². The van der Waals surface area contributed by atoms with Crippen molar-refractivity contribution < 1.29 is 4.74 Å². The van der Waals surface area contributed by atoms with Crippen molar-refractivity contribution >= 4 is 0 Å². The molecule has 1 spiro atoms. The average molecular weight is 197 g/mol. The Morgan fingerprint density at radius 2 is 2.07 bits per heavy atom.